The standard InChI is InChI=1S/C40H30/c1-40(2,29-12-4-3-5-13-29)30-21-19-26-23-28-11-10-18-31(39(28)37(26)25-30)27-20-22-36-34-16-7-6-14-32(34)33-15-8-9-17-35(33)38(36)24-27/h3-22,24-25H,23H2,1-2H3. The first-order chi connectivity index (χ1) is 19.6. The van der Waals surface area contributed by atoms with Gasteiger partial charge in [0.1, 0.15) is 0 Å². The molecule has 40 heavy (non-hydrogen) atoms. The maximum Gasteiger partial charge on any atom is 0.0146 e. The largest absolute Gasteiger partial charge is 0.0622 e. The molecule has 0 N–H and O–H groups in total. The summed E-state index contributed by atoms with van der Waals surface area (Å²) in [7, 11) is 0. The molecule has 0 bridgehead atoms. The number of benzene rings is 7. The van der Waals surface area contributed by atoms with E-state index in [-0.39, 0.29) is 5.41 Å². The molecule has 7 aromatic carbocycles. The van der Waals surface area contributed by atoms with Crippen LogP contribution in [0.15, 0.2) is 133 Å². The lowest BCUT2D eigenvalue weighted by Gasteiger charge is -2.27. The Morgan fingerprint density at radius 2 is 1.05 bits per heavy atom. The predicted octanol–water partition coefficient (Wildman–Crippen LogP) is 10.7. The van der Waals surface area contributed by atoms with Crippen LogP contribution in [0.4, 0.5) is 0 Å². The van der Waals surface area contributed by atoms with Gasteiger partial charge in [-0.2, -0.15) is 0 Å². The van der Waals surface area contributed by atoms with Crippen LogP contribution in [-0.4, -0.2) is 0 Å². The Morgan fingerprint density at radius 3 is 1.75 bits per heavy atom. The molecule has 0 heterocycles. The Hall–Kier alpha value is -4.68. The zero-order chi connectivity index (χ0) is 26.8. The van der Waals surface area contributed by atoms with Crippen LogP contribution in [0, 0.1) is 0 Å². The summed E-state index contributed by atoms with van der Waals surface area (Å²) in [5, 5.41) is 7.91. The summed E-state index contributed by atoms with van der Waals surface area (Å²) in [6, 6.07) is 49.6. The van der Waals surface area contributed by atoms with E-state index in [2.05, 4.69) is 147 Å². The fourth-order valence-electron chi connectivity index (χ4n) is 6.96. The fourth-order valence-corrected chi connectivity index (χ4v) is 6.96. The SMILES string of the molecule is CC(C)(c1ccccc1)c1ccc2c(c1)-c1c(cccc1-c1ccc3c4ccccc4c4ccccc4c3c1)C2. The lowest BCUT2D eigenvalue weighted by molar-refractivity contribution is 0.641. The average molecular weight is 511 g/mol. The molecule has 1 aliphatic carbocycles. The minimum Gasteiger partial charge on any atom is -0.0622 e. The second-order valence-electron chi connectivity index (χ2n) is 11.7. The molecule has 8 rings (SSSR count). The molecular formula is C40H30. The molecule has 0 aliphatic heterocycles. The lowest BCUT2D eigenvalue weighted by Crippen LogP contribution is -2.18. The number of rotatable bonds is 3. The van der Waals surface area contributed by atoms with Crippen molar-refractivity contribution in [2.45, 2.75) is 25.7 Å². The van der Waals surface area contributed by atoms with Crippen LogP contribution in [0.1, 0.15) is 36.1 Å². The summed E-state index contributed by atoms with van der Waals surface area (Å²) in [5.74, 6) is 0. The molecule has 1 aliphatic rings. The molecule has 0 radical (unpaired) electrons. The van der Waals surface area contributed by atoms with E-state index in [1.54, 1.807) is 0 Å². The Morgan fingerprint density at radius 1 is 0.425 bits per heavy atom. The monoisotopic (exact) mass is 510 g/mol. The fraction of sp³-hybridized carbons (Fsp3) is 0.100. The van der Waals surface area contributed by atoms with Crippen molar-refractivity contribution < 1.29 is 0 Å². The van der Waals surface area contributed by atoms with E-state index < -0.39 is 0 Å². The van der Waals surface area contributed by atoms with E-state index >= 15 is 0 Å². The van der Waals surface area contributed by atoms with Gasteiger partial charge in [0.25, 0.3) is 0 Å². The summed E-state index contributed by atoms with van der Waals surface area (Å²) in [4.78, 5) is 0. The highest BCUT2D eigenvalue weighted by Gasteiger charge is 2.28. The van der Waals surface area contributed by atoms with Crippen LogP contribution >= 0.6 is 0 Å². The van der Waals surface area contributed by atoms with Crippen LogP contribution in [0.3, 0.4) is 0 Å². The number of hydrogen-bond donors (Lipinski definition) is 0. The topological polar surface area (TPSA) is 0 Å². The van der Waals surface area contributed by atoms with Crippen LogP contribution in [0.5, 0.6) is 0 Å². The van der Waals surface area contributed by atoms with Crippen molar-refractivity contribution >= 4 is 32.3 Å². The molecule has 0 nitrogen and oxygen atoms in total. The second kappa shape index (κ2) is 8.66. The van der Waals surface area contributed by atoms with Crippen molar-refractivity contribution in [2.75, 3.05) is 0 Å². The third-order valence-electron chi connectivity index (χ3n) is 9.18. The Labute approximate surface area is 235 Å². The Bertz CT molecular complexity index is 2060. The van der Waals surface area contributed by atoms with Gasteiger partial charge in [0.05, 0.1) is 0 Å². The van der Waals surface area contributed by atoms with Crippen molar-refractivity contribution in [1.29, 1.82) is 0 Å². The van der Waals surface area contributed by atoms with Gasteiger partial charge in [-0.15, -0.1) is 0 Å². The minimum atomic E-state index is -0.0725. The maximum atomic E-state index is 2.46. The van der Waals surface area contributed by atoms with Gasteiger partial charge < -0.3 is 0 Å². The van der Waals surface area contributed by atoms with E-state index in [1.807, 2.05) is 0 Å². The molecule has 0 spiro atoms. The van der Waals surface area contributed by atoms with Crippen molar-refractivity contribution in [3.63, 3.8) is 0 Å². The third kappa shape index (κ3) is 3.39. The third-order valence-corrected chi connectivity index (χ3v) is 9.18. The quantitative estimate of drug-likeness (QED) is 0.207. The molecule has 7 aromatic rings. The molecule has 0 fully saturated rings. The highest BCUT2D eigenvalue weighted by atomic mass is 14.3. The summed E-state index contributed by atoms with van der Waals surface area (Å²) in [6.45, 7) is 4.68. The van der Waals surface area contributed by atoms with Gasteiger partial charge in [-0.1, -0.05) is 135 Å². The van der Waals surface area contributed by atoms with Crippen LogP contribution in [-0.2, 0) is 11.8 Å². The normalized spacial score (nSPS) is 12.7. The molecule has 0 atom stereocenters. The number of fused-ring (bicyclic) bond motifs is 9. The van der Waals surface area contributed by atoms with Gasteiger partial charge >= 0.3 is 0 Å². The van der Waals surface area contributed by atoms with Gasteiger partial charge in [-0.25, -0.2) is 0 Å². The molecule has 0 saturated carbocycles. The van der Waals surface area contributed by atoms with E-state index in [0.717, 1.165) is 6.42 Å². The first kappa shape index (κ1) is 23.2. The molecule has 0 heteroatoms. The zero-order valence-corrected chi connectivity index (χ0v) is 22.9. The van der Waals surface area contributed by atoms with E-state index in [1.165, 1.54) is 76.8 Å². The van der Waals surface area contributed by atoms with E-state index in [0.29, 0.717) is 0 Å². The van der Waals surface area contributed by atoms with Gasteiger partial charge in [-0.05, 0) is 95.4 Å². The molecule has 0 amide bonds. The van der Waals surface area contributed by atoms with Crippen LogP contribution in [0.25, 0.3) is 54.6 Å². The smallest absolute Gasteiger partial charge is 0.0146 e. The Kier molecular flexibility index (Phi) is 5.03. The number of hydrogen-bond acceptors (Lipinski definition) is 0. The van der Waals surface area contributed by atoms with Crippen molar-refractivity contribution in [2.24, 2.45) is 0 Å². The maximum absolute atomic E-state index is 2.46. The zero-order valence-electron chi connectivity index (χ0n) is 22.9. The predicted molar refractivity (Wildman–Crippen MR) is 171 cm³/mol. The Balaban J connectivity index is 1.34. The average Bonchev–Trinajstić information content (AvgIpc) is 3.40. The second-order valence-corrected chi connectivity index (χ2v) is 11.7. The molecule has 190 valence electrons. The molecule has 0 saturated heterocycles. The summed E-state index contributed by atoms with van der Waals surface area (Å²) < 4.78 is 0. The molecule has 0 aromatic heterocycles. The minimum absolute atomic E-state index is 0.0725. The summed E-state index contributed by atoms with van der Waals surface area (Å²) >= 11 is 0. The van der Waals surface area contributed by atoms with Crippen molar-refractivity contribution in [1.82, 2.24) is 0 Å². The van der Waals surface area contributed by atoms with Crippen molar-refractivity contribution in [3.05, 3.63) is 156 Å². The summed E-state index contributed by atoms with van der Waals surface area (Å²) in [5.41, 5.74) is 10.9. The first-order valence-electron chi connectivity index (χ1n) is 14.2. The van der Waals surface area contributed by atoms with Gasteiger partial charge in [0, 0.05) is 5.41 Å². The first-order valence-corrected chi connectivity index (χ1v) is 14.2. The van der Waals surface area contributed by atoms with Crippen LogP contribution in [0.2, 0.25) is 0 Å². The molecular weight excluding hydrogens is 480 g/mol. The van der Waals surface area contributed by atoms with Gasteiger partial charge in [0.15, 0.2) is 0 Å². The van der Waals surface area contributed by atoms with Crippen molar-refractivity contribution in [3.8, 4) is 22.3 Å². The van der Waals surface area contributed by atoms with Crippen LogP contribution < -0.4 is 0 Å². The molecule has 0 unspecified atom stereocenters. The van der Waals surface area contributed by atoms with Gasteiger partial charge in [-0.3, -0.25) is 0 Å². The van der Waals surface area contributed by atoms with E-state index in [4.69, 9.17) is 0 Å². The lowest BCUT2D eigenvalue weighted by atomic mass is 9.77. The highest BCUT2D eigenvalue weighted by molar-refractivity contribution is 6.25. The highest BCUT2D eigenvalue weighted by Crippen LogP contribution is 2.46. The summed E-state index contributed by atoms with van der Waals surface area (Å²) in [6.07, 6.45) is 0.992. The van der Waals surface area contributed by atoms with E-state index in [9.17, 15) is 0 Å². The van der Waals surface area contributed by atoms with Gasteiger partial charge in [0.2, 0.25) is 0 Å².